The number of carboxylic acids is 1. The summed E-state index contributed by atoms with van der Waals surface area (Å²) in [4.78, 5) is 11.2. The molecule has 1 N–H and O–H groups in total. The van der Waals surface area contributed by atoms with Crippen molar-refractivity contribution in [3.05, 3.63) is 36.0 Å². The number of carbonyl (C=O) groups is 1. The van der Waals surface area contributed by atoms with Crippen LogP contribution in [0.1, 0.15) is 24.2 Å². The first-order valence-electron chi connectivity index (χ1n) is 6.19. The molecule has 0 aliphatic rings. The number of rotatable bonds is 5. The van der Waals surface area contributed by atoms with Crippen LogP contribution in [0.4, 0.5) is 0 Å². The Hall–Kier alpha value is -2.30. The SMILES string of the molecule is CCOc1ccc(-c2nn(CC)cc2C(=O)O)cc1. The number of aryl methyl sites for hydroxylation is 1. The van der Waals surface area contributed by atoms with Gasteiger partial charge in [0.1, 0.15) is 17.0 Å². The zero-order valence-electron chi connectivity index (χ0n) is 11.0. The summed E-state index contributed by atoms with van der Waals surface area (Å²) in [5.41, 5.74) is 1.47. The van der Waals surface area contributed by atoms with Gasteiger partial charge in [0.05, 0.1) is 6.61 Å². The standard InChI is InChI=1S/C14H16N2O3/c1-3-16-9-12(14(17)18)13(15-16)10-5-7-11(8-6-10)19-4-2/h5-9H,3-4H2,1-2H3,(H,17,18). The van der Waals surface area contributed by atoms with E-state index in [9.17, 15) is 9.90 Å². The van der Waals surface area contributed by atoms with E-state index in [1.165, 1.54) is 0 Å². The van der Waals surface area contributed by atoms with Crippen molar-refractivity contribution in [3.8, 4) is 17.0 Å². The molecular weight excluding hydrogens is 244 g/mol. The van der Waals surface area contributed by atoms with Gasteiger partial charge in [0, 0.05) is 18.3 Å². The van der Waals surface area contributed by atoms with Crippen molar-refractivity contribution < 1.29 is 14.6 Å². The summed E-state index contributed by atoms with van der Waals surface area (Å²) in [7, 11) is 0. The van der Waals surface area contributed by atoms with Crippen LogP contribution in [0.3, 0.4) is 0 Å². The van der Waals surface area contributed by atoms with Gasteiger partial charge in [-0.25, -0.2) is 4.79 Å². The van der Waals surface area contributed by atoms with Crippen LogP contribution in [-0.4, -0.2) is 27.5 Å². The Balaban J connectivity index is 2.39. The summed E-state index contributed by atoms with van der Waals surface area (Å²) >= 11 is 0. The van der Waals surface area contributed by atoms with E-state index >= 15 is 0 Å². The molecule has 0 saturated heterocycles. The number of aromatic carboxylic acids is 1. The van der Waals surface area contributed by atoms with Crippen molar-refractivity contribution in [1.82, 2.24) is 9.78 Å². The third-order valence-corrected chi connectivity index (χ3v) is 2.75. The lowest BCUT2D eigenvalue weighted by molar-refractivity contribution is 0.0697. The highest BCUT2D eigenvalue weighted by atomic mass is 16.5. The molecule has 0 radical (unpaired) electrons. The van der Waals surface area contributed by atoms with E-state index in [2.05, 4.69) is 5.10 Å². The molecule has 0 fully saturated rings. The maximum absolute atomic E-state index is 11.2. The fourth-order valence-electron chi connectivity index (χ4n) is 1.83. The molecule has 0 spiro atoms. The van der Waals surface area contributed by atoms with Crippen LogP contribution in [0.5, 0.6) is 5.75 Å². The summed E-state index contributed by atoms with van der Waals surface area (Å²) in [6.07, 6.45) is 1.55. The molecule has 100 valence electrons. The Morgan fingerprint density at radius 1 is 1.32 bits per heavy atom. The van der Waals surface area contributed by atoms with E-state index < -0.39 is 5.97 Å². The number of hydrogen-bond acceptors (Lipinski definition) is 3. The first-order valence-corrected chi connectivity index (χ1v) is 6.19. The van der Waals surface area contributed by atoms with Crippen LogP contribution >= 0.6 is 0 Å². The third-order valence-electron chi connectivity index (χ3n) is 2.75. The van der Waals surface area contributed by atoms with E-state index in [0.29, 0.717) is 18.8 Å². The number of ether oxygens (including phenoxy) is 1. The number of aromatic nitrogens is 2. The Labute approximate surface area is 111 Å². The molecule has 1 aromatic carbocycles. The fraction of sp³-hybridized carbons (Fsp3) is 0.286. The van der Waals surface area contributed by atoms with Crippen LogP contribution in [0, 0.1) is 0 Å². The van der Waals surface area contributed by atoms with E-state index in [-0.39, 0.29) is 5.56 Å². The summed E-state index contributed by atoms with van der Waals surface area (Å²) < 4.78 is 6.98. The van der Waals surface area contributed by atoms with Crippen molar-refractivity contribution in [3.63, 3.8) is 0 Å². The summed E-state index contributed by atoms with van der Waals surface area (Å²) in [6.45, 7) is 5.07. The van der Waals surface area contributed by atoms with Crippen LogP contribution in [0.15, 0.2) is 30.5 Å². The lowest BCUT2D eigenvalue weighted by Crippen LogP contribution is -1.97. The molecule has 19 heavy (non-hydrogen) atoms. The van der Waals surface area contributed by atoms with Gasteiger partial charge in [-0.1, -0.05) is 0 Å². The average Bonchev–Trinajstić information content (AvgIpc) is 2.84. The van der Waals surface area contributed by atoms with Crippen LogP contribution in [0.25, 0.3) is 11.3 Å². The molecule has 2 aromatic rings. The van der Waals surface area contributed by atoms with Crippen molar-refractivity contribution in [2.24, 2.45) is 0 Å². The predicted molar refractivity (Wildman–Crippen MR) is 71.5 cm³/mol. The van der Waals surface area contributed by atoms with Gasteiger partial charge in [0.15, 0.2) is 0 Å². The minimum absolute atomic E-state index is 0.214. The largest absolute Gasteiger partial charge is 0.494 e. The quantitative estimate of drug-likeness (QED) is 0.897. The van der Waals surface area contributed by atoms with Gasteiger partial charge in [-0.3, -0.25) is 4.68 Å². The smallest absolute Gasteiger partial charge is 0.339 e. The van der Waals surface area contributed by atoms with Gasteiger partial charge in [-0.15, -0.1) is 0 Å². The number of hydrogen-bond donors (Lipinski definition) is 1. The predicted octanol–water partition coefficient (Wildman–Crippen LogP) is 2.67. The van der Waals surface area contributed by atoms with Gasteiger partial charge < -0.3 is 9.84 Å². The van der Waals surface area contributed by atoms with Gasteiger partial charge >= 0.3 is 5.97 Å². The van der Waals surface area contributed by atoms with Crippen molar-refractivity contribution >= 4 is 5.97 Å². The molecule has 0 aliphatic carbocycles. The number of nitrogens with zero attached hydrogens (tertiary/aromatic N) is 2. The maximum Gasteiger partial charge on any atom is 0.339 e. The second-order valence-electron chi connectivity index (χ2n) is 4.01. The van der Waals surface area contributed by atoms with Crippen molar-refractivity contribution in [2.75, 3.05) is 6.61 Å². The van der Waals surface area contributed by atoms with Crippen LogP contribution in [-0.2, 0) is 6.54 Å². The molecular formula is C14H16N2O3. The summed E-state index contributed by atoms with van der Waals surface area (Å²) in [5.74, 6) is -0.207. The topological polar surface area (TPSA) is 64.4 Å². The average molecular weight is 260 g/mol. The highest BCUT2D eigenvalue weighted by Gasteiger charge is 2.16. The van der Waals surface area contributed by atoms with Gasteiger partial charge in [0.2, 0.25) is 0 Å². The molecule has 0 saturated carbocycles. The van der Waals surface area contributed by atoms with E-state index in [1.54, 1.807) is 10.9 Å². The van der Waals surface area contributed by atoms with Gasteiger partial charge in [0.25, 0.3) is 0 Å². The molecule has 0 atom stereocenters. The molecule has 2 rings (SSSR count). The zero-order chi connectivity index (χ0) is 13.8. The van der Waals surface area contributed by atoms with E-state index in [1.807, 2.05) is 38.1 Å². The van der Waals surface area contributed by atoms with E-state index in [4.69, 9.17) is 4.74 Å². The summed E-state index contributed by atoms with van der Waals surface area (Å²) in [5, 5.41) is 13.5. The molecule has 0 unspecified atom stereocenters. The molecule has 0 aliphatic heterocycles. The second-order valence-corrected chi connectivity index (χ2v) is 4.01. The number of carboxylic acid groups (broad SMARTS) is 1. The van der Waals surface area contributed by atoms with Gasteiger partial charge in [-0.05, 0) is 38.1 Å². The molecule has 5 heteroatoms. The summed E-state index contributed by atoms with van der Waals surface area (Å²) in [6, 6.07) is 7.27. The van der Waals surface area contributed by atoms with Gasteiger partial charge in [-0.2, -0.15) is 5.10 Å². The lowest BCUT2D eigenvalue weighted by atomic mass is 10.1. The monoisotopic (exact) mass is 260 g/mol. The highest BCUT2D eigenvalue weighted by molar-refractivity contribution is 5.94. The minimum Gasteiger partial charge on any atom is -0.494 e. The molecule has 5 nitrogen and oxygen atoms in total. The molecule has 1 heterocycles. The second kappa shape index (κ2) is 5.56. The maximum atomic E-state index is 11.2. The number of benzene rings is 1. The third kappa shape index (κ3) is 2.76. The van der Waals surface area contributed by atoms with Crippen LogP contribution in [0.2, 0.25) is 0 Å². The van der Waals surface area contributed by atoms with Crippen molar-refractivity contribution in [2.45, 2.75) is 20.4 Å². The molecule has 0 amide bonds. The van der Waals surface area contributed by atoms with Crippen LogP contribution < -0.4 is 4.74 Å². The Morgan fingerprint density at radius 2 is 2.00 bits per heavy atom. The Bertz CT molecular complexity index is 573. The molecule has 0 bridgehead atoms. The lowest BCUT2D eigenvalue weighted by Gasteiger charge is -2.04. The fourth-order valence-corrected chi connectivity index (χ4v) is 1.83. The first kappa shape index (κ1) is 13.1. The minimum atomic E-state index is -0.969. The Morgan fingerprint density at radius 3 is 2.53 bits per heavy atom. The normalized spacial score (nSPS) is 10.4. The first-order chi connectivity index (χ1) is 9.15. The van der Waals surface area contributed by atoms with E-state index in [0.717, 1.165) is 11.3 Å². The Kier molecular flexibility index (Phi) is 3.85. The van der Waals surface area contributed by atoms with Crippen molar-refractivity contribution in [1.29, 1.82) is 0 Å². The highest BCUT2D eigenvalue weighted by Crippen LogP contribution is 2.24. The molecule has 1 aromatic heterocycles. The zero-order valence-corrected chi connectivity index (χ0v) is 11.0.